The lowest BCUT2D eigenvalue weighted by Crippen LogP contribution is -2.49. The van der Waals surface area contributed by atoms with E-state index < -0.39 is 6.09 Å². The molecule has 4 N–H and O–H groups in total. The minimum absolute atomic E-state index is 0.0538. The number of hydrogen-bond acceptors (Lipinski definition) is 3. The van der Waals surface area contributed by atoms with Crippen molar-refractivity contribution in [3.63, 3.8) is 0 Å². The average Bonchev–Trinajstić information content (AvgIpc) is 2.53. The summed E-state index contributed by atoms with van der Waals surface area (Å²) in [5.41, 5.74) is 0.501. The molecular weight excluding hydrogens is 338 g/mol. The van der Waals surface area contributed by atoms with E-state index in [1.165, 1.54) is 0 Å². The van der Waals surface area contributed by atoms with Crippen LogP contribution in [0.3, 0.4) is 0 Å². The molecule has 2 amide bonds. The Balaban J connectivity index is 2.50. The lowest BCUT2D eigenvalue weighted by atomic mass is 9.84. The van der Waals surface area contributed by atoms with Crippen molar-refractivity contribution in [3.05, 3.63) is 35.9 Å². The minimum Gasteiger partial charge on any atom is -0.465 e. The largest absolute Gasteiger partial charge is 0.465 e. The van der Waals surface area contributed by atoms with Gasteiger partial charge in [-0.25, -0.2) is 4.79 Å². The van der Waals surface area contributed by atoms with Crippen molar-refractivity contribution >= 4 is 29.3 Å². The Morgan fingerprint density at radius 3 is 2.36 bits per heavy atom. The Morgan fingerprint density at radius 2 is 1.80 bits per heavy atom. The topological polar surface area (TPSA) is 90.5 Å². The molecule has 138 valence electrons. The quantitative estimate of drug-likeness (QED) is 0.440. The highest BCUT2D eigenvalue weighted by Crippen LogP contribution is 2.23. The second kappa shape index (κ2) is 9.98. The first kappa shape index (κ1) is 20.9. The molecule has 0 aromatic heterocycles. The number of carbonyl (C=O) groups excluding carboxylic acids is 1. The number of carbonyl (C=O) groups is 2. The van der Waals surface area contributed by atoms with Crippen LogP contribution in [0.25, 0.3) is 0 Å². The van der Waals surface area contributed by atoms with Crippen molar-refractivity contribution in [2.75, 3.05) is 6.54 Å². The normalized spacial score (nSPS) is 12.1. The monoisotopic (exact) mass is 365 g/mol. The number of thiocarbonyl (C=S) groups is 1. The van der Waals surface area contributed by atoms with Crippen LogP contribution in [-0.2, 0) is 0 Å². The molecular formula is C18H27N3O3S. The van der Waals surface area contributed by atoms with E-state index in [0.717, 1.165) is 19.3 Å². The summed E-state index contributed by atoms with van der Waals surface area (Å²) in [4.78, 5) is 22.6. The molecule has 0 fully saturated rings. The fraction of sp³-hybridized carbons (Fsp3) is 0.500. The molecule has 0 aliphatic heterocycles. The SMILES string of the molecule is CC(C)(C)C(CCCCNC(=O)O)NC(=S)NC(=O)c1ccccc1. The van der Waals surface area contributed by atoms with Gasteiger partial charge in [-0.1, -0.05) is 39.0 Å². The summed E-state index contributed by atoms with van der Waals surface area (Å²) >= 11 is 5.28. The Kier molecular flexibility index (Phi) is 8.34. The summed E-state index contributed by atoms with van der Waals surface area (Å²) in [7, 11) is 0. The fourth-order valence-electron chi connectivity index (χ4n) is 2.35. The molecule has 1 atom stereocenters. The number of hydrogen-bond donors (Lipinski definition) is 4. The number of carboxylic acid groups (broad SMARTS) is 1. The van der Waals surface area contributed by atoms with Gasteiger partial charge in [0.15, 0.2) is 5.11 Å². The fourth-order valence-corrected chi connectivity index (χ4v) is 2.58. The van der Waals surface area contributed by atoms with Crippen molar-refractivity contribution in [3.8, 4) is 0 Å². The summed E-state index contributed by atoms with van der Waals surface area (Å²) in [6, 6.07) is 8.98. The lowest BCUT2D eigenvalue weighted by Gasteiger charge is -2.32. The number of nitrogens with one attached hydrogen (secondary N) is 3. The third-order valence-electron chi connectivity index (χ3n) is 3.81. The van der Waals surface area contributed by atoms with Crippen LogP contribution in [0.5, 0.6) is 0 Å². The molecule has 1 aromatic rings. The first-order chi connectivity index (χ1) is 11.7. The molecule has 25 heavy (non-hydrogen) atoms. The van der Waals surface area contributed by atoms with Gasteiger partial charge in [-0.15, -0.1) is 0 Å². The molecule has 0 spiro atoms. The van der Waals surface area contributed by atoms with E-state index in [2.05, 4.69) is 36.7 Å². The van der Waals surface area contributed by atoms with E-state index in [9.17, 15) is 9.59 Å². The molecule has 1 unspecified atom stereocenters. The van der Waals surface area contributed by atoms with Gasteiger partial charge in [0.25, 0.3) is 5.91 Å². The molecule has 0 radical (unpaired) electrons. The smallest absolute Gasteiger partial charge is 0.404 e. The second-order valence-corrected chi connectivity index (χ2v) is 7.35. The first-order valence-corrected chi connectivity index (χ1v) is 8.74. The Bertz CT molecular complexity index is 585. The molecule has 0 saturated heterocycles. The maximum Gasteiger partial charge on any atom is 0.404 e. The van der Waals surface area contributed by atoms with Gasteiger partial charge >= 0.3 is 6.09 Å². The maximum absolute atomic E-state index is 12.1. The van der Waals surface area contributed by atoms with Gasteiger partial charge in [-0.05, 0) is 49.0 Å². The zero-order valence-corrected chi connectivity index (χ0v) is 15.8. The van der Waals surface area contributed by atoms with E-state index in [1.807, 2.05) is 6.07 Å². The predicted molar refractivity (Wildman–Crippen MR) is 103 cm³/mol. The van der Waals surface area contributed by atoms with Gasteiger partial charge in [0, 0.05) is 18.2 Å². The van der Waals surface area contributed by atoms with Crippen LogP contribution in [-0.4, -0.2) is 34.8 Å². The third kappa shape index (κ3) is 8.49. The molecule has 1 aromatic carbocycles. The Labute approximate surface area is 154 Å². The van der Waals surface area contributed by atoms with Crippen LogP contribution in [0.1, 0.15) is 50.4 Å². The van der Waals surface area contributed by atoms with E-state index in [1.54, 1.807) is 24.3 Å². The van der Waals surface area contributed by atoms with Crippen LogP contribution in [0, 0.1) is 5.41 Å². The first-order valence-electron chi connectivity index (χ1n) is 8.34. The third-order valence-corrected chi connectivity index (χ3v) is 4.03. The van der Waals surface area contributed by atoms with Gasteiger partial charge in [-0.2, -0.15) is 0 Å². The summed E-state index contributed by atoms with van der Waals surface area (Å²) in [5.74, 6) is -0.239. The molecule has 0 saturated carbocycles. The van der Waals surface area contributed by atoms with Crippen LogP contribution >= 0.6 is 12.2 Å². The van der Waals surface area contributed by atoms with Crippen molar-refractivity contribution in [2.45, 2.75) is 46.1 Å². The zero-order valence-electron chi connectivity index (χ0n) is 15.0. The van der Waals surface area contributed by atoms with Crippen molar-refractivity contribution in [2.24, 2.45) is 5.41 Å². The maximum atomic E-state index is 12.1. The Morgan fingerprint density at radius 1 is 1.16 bits per heavy atom. The van der Waals surface area contributed by atoms with Crippen LogP contribution < -0.4 is 16.0 Å². The highest BCUT2D eigenvalue weighted by Gasteiger charge is 2.25. The van der Waals surface area contributed by atoms with E-state index in [4.69, 9.17) is 17.3 Å². The molecule has 0 heterocycles. The number of unbranched alkanes of at least 4 members (excludes halogenated alkanes) is 1. The molecule has 0 bridgehead atoms. The van der Waals surface area contributed by atoms with E-state index in [0.29, 0.717) is 17.2 Å². The number of rotatable bonds is 7. The average molecular weight is 365 g/mol. The lowest BCUT2D eigenvalue weighted by molar-refractivity contribution is 0.0975. The summed E-state index contributed by atoms with van der Waals surface area (Å²) in [6.45, 7) is 6.73. The highest BCUT2D eigenvalue weighted by molar-refractivity contribution is 7.80. The molecule has 0 aliphatic rings. The molecule has 0 aliphatic carbocycles. The molecule has 7 heteroatoms. The Hall–Kier alpha value is -2.15. The van der Waals surface area contributed by atoms with Crippen LogP contribution in [0.15, 0.2) is 30.3 Å². The summed E-state index contributed by atoms with van der Waals surface area (Å²) < 4.78 is 0. The second-order valence-electron chi connectivity index (χ2n) is 6.94. The van der Waals surface area contributed by atoms with Gasteiger partial charge in [0.1, 0.15) is 0 Å². The van der Waals surface area contributed by atoms with Gasteiger partial charge in [0.05, 0.1) is 0 Å². The van der Waals surface area contributed by atoms with Crippen LogP contribution in [0.2, 0.25) is 0 Å². The summed E-state index contributed by atoms with van der Waals surface area (Å²) in [5, 5.41) is 17.2. The molecule has 6 nitrogen and oxygen atoms in total. The van der Waals surface area contributed by atoms with Gasteiger partial charge in [0.2, 0.25) is 0 Å². The molecule has 1 rings (SSSR count). The van der Waals surface area contributed by atoms with Crippen molar-refractivity contribution in [1.29, 1.82) is 0 Å². The van der Waals surface area contributed by atoms with Crippen molar-refractivity contribution < 1.29 is 14.7 Å². The minimum atomic E-state index is -1.00. The van der Waals surface area contributed by atoms with E-state index >= 15 is 0 Å². The van der Waals surface area contributed by atoms with Crippen LogP contribution in [0.4, 0.5) is 4.79 Å². The zero-order chi connectivity index (χ0) is 18.9. The summed E-state index contributed by atoms with van der Waals surface area (Å²) in [6.07, 6.45) is 1.43. The number of benzene rings is 1. The predicted octanol–water partition coefficient (Wildman–Crippen LogP) is 3.14. The number of amides is 2. The van der Waals surface area contributed by atoms with E-state index in [-0.39, 0.29) is 17.4 Å². The highest BCUT2D eigenvalue weighted by atomic mass is 32.1. The van der Waals surface area contributed by atoms with Crippen molar-refractivity contribution in [1.82, 2.24) is 16.0 Å². The van der Waals surface area contributed by atoms with Gasteiger partial charge < -0.3 is 15.7 Å². The van der Waals surface area contributed by atoms with Gasteiger partial charge in [-0.3, -0.25) is 10.1 Å². The standard InChI is InChI=1S/C18H27N3O3S/c1-18(2,3)14(11-7-8-12-19-17(23)24)20-16(25)21-15(22)13-9-5-4-6-10-13/h4-6,9-10,14,19H,7-8,11-12H2,1-3H3,(H,23,24)(H2,20,21,22,25).